The van der Waals surface area contributed by atoms with Crippen molar-refractivity contribution in [2.45, 2.75) is 13.6 Å². The van der Waals surface area contributed by atoms with Gasteiger partial charge in [0.15, 0.2) is 4.80 Å². The Labute approximate surface area is 169 Å². The molecule has 0 radical (unpaired) electrons. The lowest BCUT2D eigenvalue weighted by Gasteiger charge is -2.25. The molecule has 0 amide bonds. The Kier molecular flexibility index (Phi) is 5.13. The molecule has 9 heteroatoms. The van der Waals surface area contributed by atoms with Crippen LogP contribution in [0.4, 0.5) is 11.4 Å². The van der Waals surface area contributed by atoms with Gasteiger partial charge in [-0.1, -0.05) is 11.3 Å². The molecule has 29 heavy (non-hydrogen) atoms. The van der Waals surface area contributed by atoms with Crippen LogP contribution in [0.25, 0.3) is 6.08 Å². The lowest BCUT2D eigenvalue weighted by molar-refractivity contribution is -0.384. The number of hydrogen-bond donors (Lipinski definition) is 0. The van der Waals surface area contributed by atoms with Crippen LogP contribution in [0.5, 0.6) is 5.75 Å². The average Bonchev–Trinajstić information content (AvgIpc) is 3.04. The van der Waals surface area contributed by atoms with Crippen LogP contribution in [0.3, 0.4) is 0 Å². The highest BCUT2D eigenvalue weighted by Gasteiger charge is 2.16. The molecule has 148 valence electrons. The van der Waals surface area contributed by atoms with Crippen molar-refractivity contribution >= 4 is 28.8 Å². The number of anilines is 1. The topological polar surface area (TPSA) is 90.0 Å². The molecule has 0 fully saturated rings. The van der Waals surface area contributed by atoms with E-state index < -0.39 is 4.92 Å². The maximum Gasteiger partial charge on any atom is 0.271 e. The Bertz CT molecular complexity index is 1210. The molecular formula is C20H18N4O4S. The molecule has 2 aromatic carbocycles. The summed E-state index contributed by atoms with van der Waals surface area (Å²) in [4.78, 5) is 30.4. The van der Waals surface area contributed by atoms with Gasteiger partial charge in [0.05, 0.1) is 16.1 Å². The third-order valence-electron chi connectivity index (χ3n) is 4.49. The molecule has 2 heterocycles. The van der Waals surface area contributed by atoms with Gasteiger partial charge in [-0.15, -0.1) is 0 Å². The quantitative estimate of drug-likeness (QED) is 0.475. The summed E-state index contributed by atoms with van der Waals surface area (Å²) in [5.74, 6) is 0.804. The molecule has 0 N–H and O–H groups in total. The van der Waals surface area contributed by atoms with E-state index in [-0.39, 0.29) is 11.2 Å². The number of fused-ring (bicyclic) bond motifs is 1. The second-order valence-corrected chi connectivity index (χ2v) is 7.39. The fraction of sp³-hybridized carbons (Fsp3) is 0.200. The summed E-state index contributed by atoms with van der Waals surface area (Å²) in [6.45, 7) is 3.43. The molecule has 0 aliphatic carbocycles. The Morgan fingerprint density at radius 3 is 2.59 bits per heavy atom. The fourth-order valence-corrected chi connectivity index (χ4v) is 4.00. The van der Waals surface area contributed by atoms with E-state index in [4.69, 9.17) is 4.74 Å². The van der Waals surface area contributed by atoms with Crippen molar-refractivity contribution in [1.82, 2.24) is 4.57 Å². The summed E-state index contributed by atoms with van der Waals surface area (Å²) >= 11 is 1.32. The Morgan fingerprint density at radius 1 is 1.21 bits per heavy atom. The number of benzene rings is 2. The number of non-ortho nitro benzene ring substituents is 1. The minimum absolute atomic E-state index is 0.0188. The number of hydrogen-bond acceptors (Lipinski definition) is 7. The maximum absolute atomic E-state index is 12.8. The summed E-state index contributed by atoms with van der Waals surface area (Å²) in [6, 6.07) is 13.8. The van der Waals surface area contributed by atoms with Gasteiger partial charge in [-0.25, -0.2) is 4.99 Å². The van der Waals surface area contributed by atoms with Crippen molar-refractivity contribution in [2.75, 3.05) is 18.2 Å². The number of nitrogens with zero attached hydrogens (tertiary/aromatic N) is 4. The Balaban J connectivity index is 1.61. The van der Waals surface area contributed by atoms with E-state index in [9.17, 15) is 14.9 Å². The molecule has 0 spiro atoms. The summed E-state index contributed by atoms with van der Waals surface area (Å²) in [6.07, 6.45) is 1.73. The second-order valence-electron chi connectivity index (χ2n) is 6.38. The Morgan fingerprint density at radius 2 is 1.93 bits per heavy atom. The first kappa shape index (κ1) is 18.9. The van der Waals surface area contributed by atoms with E-state index in [0.29, 0.717) is 29.3 Å². The van der Waals surface area contributed by atoms with Gasteiger partial charge in [-0.2, -0.15) is 0 Å². The molecule has 1 aromatic heterocycles. The summed E-state index contributed by atoms with van der Waals surface area (Å²) in [5, 5.41) is 10.8. The van der Waals surface area contributed by atoms with Gasteiger partial charge in [-0.3, -0.25) is 19.5 Å². The van der Waals surface area contributed by atoms with Gasteiger partial charge >= 0.3 is 0 Å². The molecule has 0 bridgehead atoms. The minimum atomic E-state index is -0.448. The average molecular weight is 410 g/mol. The van der Waals surface area contributed by atoms with Crippen molar-refractivity contribution in [3.05, 3.63) is 83.9 Å². The van der Waals surface area contributed by atoms with Gasteiger partial charge in [0, 0.05) is 17.8 Å². The zero-order chi connectivity index (χ0) is 20.4. The molecule has 8 nitrogen and oxygen atoms in total. The van der Waals surface area contributed by atoms with Gasteiger partial charge < -0.3 is 9.64 Å². The molecule has 4 rings (SSSR count). The highest BCUT2D eigenvalue weighted by Crippen LogP contribution is 2.20. The fourth-order valence-electron chi connectivity index (χ4n) is 3.04. The zero-order valence-corrected chi connectivity index (χ0v) is 16.5. The molecule has 1 aliphatic heterocycles. The van der Waals surface area contributed by atoms with Crippen LogP contribution in [-0.4, -0.2) is 22.8 Å². The third kappa shape index (κ3) is 3.90. The zero-order valence-electron chi connectivity index (χ0n) is 15.6. The number of ether oxygens (including phenoxy) is 1. The maximum atomic E-state index is 12.8. The van der Waals surface area contributed by atoms with Gasteiger partial charge in [0.25, 0.3) is 11.2 Å². The minimum Gasteiger partial charge on any atom is -0.494 e. The molecule has 0 atom stereocenters. The van der Waals surface area contributed by atoms with Crippen molar-refractivity contribution in [3.8, 4) is 5.75 Å². The van der Waals surface area contributed by atoms with Crippen molar-refractivity contribution in [3.63, 3.8) is 0 Å². The number of nitro groups is 1. The van der Waals surface area contributed by atoms with Crippen LogP contribution in [0, 0.1) is 10.1 Å². The predicted molar refractivity (Wildman–Crippen MR) is 111 cm³/mol. The third-order valence-corrected chi connectivity index (χ3v) is 5.54. The van der Waals surface area contributed by atoms with Crippen molar-refractivity contribution in [1.29, 1.82) is 0 Å². The van der Waals surface area contributed by atoms with Crippen LogP contribution in [0.15, 0.2) is 58.3 Å². The number of nitro benzene ring substituents is 1. The molecule has 0 unspecified atom stereocenters. The van der Waals surface area contributed by atoms with Crippen LogP contribution in [-0.2, 0) is 6.67 Å². The number of rotatable bonds is 5. The smallest absolute Gasteiger partial charge is 0.271 e. The first-order valence-corrected chi connectivity index (χ1v) is 9.85. The van der Waals surface area contributed by atoms with Crippen LogP contribution >= 0.6 is 11.3 Å². The highest BCUT2D eigenvalue weighted by molar-refractivity contribution is 7.07. The lowest BCUT2D eigenvalue weighted by Crippen LogP contribution is -2.42. The first-order valence-electron chi connectivity index (χ1n) is 9.03. The van der Waals surface area contributed by atoms with E-state index >= 15 is 0 Å². The van der Waals surface area contributed by atoms with Crippen molar-refractivity contribution in [2.24, 2.45) is 4.99 Å². The van der Waals surface area contributed by atoms with E-state index in [0.717, 1.165) is 17.0 Å². The summed E-state index contributed by atoms with van der Waals surface area (Å²) in [7, 11) is 0. The van der Waals surface area contributed by atoms with E-state index in [1.807, 2.05) is 36.1 Å². The van der Waals surface area contributed by atoms with Gasteiger partial charge in [0.1, 0.15) is 19.1 Å². The summed E-state index contributed by atoms with van der Waals surface area (Å²) < 4.78 is 7.66. The first-order chi connectivity index (χ1) is 14.0. The monoisotopic (exact) mass is 410 g/mol. The molecule has 0 saturated carbocycles. The van der Waals surface area contributed by atoms with Crippen LogP contribution in [0.1, 0.15) is 12.5 Å². The normalized spacial score (nSPS) is 13.7. The molecular weight excluding hydrogens is 392 g/mol. The predicted octanol–water partition coefficient (Wildman–Crippen LogP) is 2.10. The largest absolute Gasteiger partial charge is 0.494 e. The van der Waals surface area contributed by atoms with Gasteiger partial charge in [0.2, 0.25) is 0 Å². The van der Waals surface area contributed by atoms with Crippen LogP contribution in [0.2, 0.25) is 0 Å². The SMILES string of the molecule is CCOc1ccc(N2CN=c3sc(=Cc4ccc([N+](=O)[O-])cc4)c(=O)n3C2)cc1. The Hall–Kier alpha value is -3.46. The van der Waals surface area contributed by atoms with E-state index in [1.165, 1.54) is 23.5 Å². The van der Waals surface area contributed by atoms with E-state index in [2.05, 4.69) is 4.99 Å². The second kappa shape index (κ2) is 7.88. The van der Waals surface area contributed by atoms with Crippen LogP contribution < -0.4 is 24.5 Å². The lowest BCUT2D eigenvalue weighted by atomic mass is 10.2. The van der Waals surface area contributed by atoms with Crippen molar-refractivity contribution < 1.29 is 9.66 Å². The molecule has 3 aromatic rings. The van der Waals surface area contributed by atoms with E-state index in [1.54, 1.807) is 22.8 Å². The number of thiazole rings is 1. The standard InChI is InChI=1S/C20H18N4O4S/c1-2-28-17-9-7-15(8-10-17)22-12-21-20-23(13-22)19(25)18(29-20)11-14-3-5-16(6-4-14)24(26)27/h3-11H,2,12-13H2,1H3. The highest BCUT2D eigenvalue weighted by atomic mass is 32.1. The summed E-state index contributed by atoms with van der Waals surface area (Å²) in [5.41, 5.74) is 1.59. The van der Waals surface area contributed by atoms with Gasteiger partial charge in [-0.05, 0) is 55.0 Å². The number of aromatic nitrogens is 1. The molecule has 0 saturated heterocycles. The molecule has 1 aliphatic rings.